The Bertz CT molecular complexity index is 359. The first kappa shape index (κ1) is 15.5. The van der Waals surface area contributed by atoms with Gasteiger partial charge in [-0.3, -0.25) is 0 Å². The Morgan fingerprint density at radius 2 is 1.90 bits per heavy atom. The average Bonchev–Trinajstić information content (AvgIpc) is 2.97. The van der Waals surface area contributed by atoms with Crippen molar-refractivity contribution in [2.24, 2.45) is 5.92 Å². The number of benzene rings is 1. The van der Waals surface area contributed by atoms with Crippen LogP contribution >= 0.6 is 0 Å². The quantitative estimate of drug-likeness (QED) is 0.709. The van der Waals surface area contributed by atoms with Crippen molar-refractivity contribution in [1.82, 2.24) is 5.32 Å². The summed E-state index contributed by atoms with van der Waals surface area (Å²) < 4.78 is 0. The van der Waals surface area contributed by atoms with Crippen LogP contribution in [0.4, 0.5) is 0 Å². The zero-order chi connectivity index (χ0) is 14.2. The van der Waals surface area contributed by atoms with Crippen molar-refractivity contribution in [2.75, 3.05) is 13.1 Å². The highest BCUT2D eigenvalue weighted by molar-refractivity contribution is 5.18. The SMILES string of the molecule is CC(CCNCC(O)CC1CCCC1)c1ccccc1. The Morgan fingerprint density at radius 3 is 2.60 bits per heavy atom. The van der Waals surface area contributed by atoms with Gasteiger partial charge in [-0.25, -0.2) is 0 Å². The molecule has 0 spiro atoms. The Hall–Kier alpha value is -0.860. The van der Waals surface area contributed by atoms with Gasteiger partial charge < -0.3 is 10.4 Å². The summed E-state index contributed by atoms with van der Waals surface area (Å²) in [6, 6.07) is 10.7. The lowest BCUT2D eigenvalue weighted by molar-refractivity contribution is 0.140. The van der Waals surface area contributed by atoms with Gasteiger partial charge >= 0.3 is 0 Å². The fourth-order valence-corrected chi connectivity index (χ4v) is 3.25. The number of hydrogen-bond donors (Lipinski definition) is 2. The maximum atomic E-state index is 10.0. The van der Waals surface area contributed by atoms with E-state index in [0.29, 0.717) is 5.92 Å². The van der Waals surface area contributed by atoms with Crippen LogP contribution in [0.1, 0.15) is 56.9 Å². The van der Waals surface area contributed by atoms with Crippen LogP contribution in [0.2, 0.25) is 0 Å². The smallest absolute Gasteiger partial charge is 0.0667 e. The maximum Gasteiger partial charge on any atom is 0.0667 e. The summed E-state index contributed by atoms with van der Waals surface area (Å²) in [4.78, 5) is 0. The van der Waals surface area contributed by atoms with Crippen LogP contribution in [0, 0.1) is 5.92 Å². The highest BCUT2D eigenvalue weighted by Gasteiger charge is 2.18. The second-order valence-electron chi connectivity index (χ2n) is 6.34. The minimum absolute atomic E-state index is 0.162. The molecule has 1 aromatic carbocycles. The molecule has 20 heavy (non-hydrogen) atoms. The molecule has 0 saturated heterocycles. The summed E-state index contributed by atoms with van der Waals surface area (Å²) in [7, 11) is 0. The largest absolute Gasteiger partial charge is 0.392 e. The third-order valence-corrected chi connectivity index (χ3v) is 4.58. The predicted octanol–water partition coefficient (Wildman–Crippen LogP) is 3.71. The first-order chi connectivity index (χ1) is 9.75. The van der Waals surface area contributed by atoms with Crippen molar-refractivity contribution in [3.8, 4) is 0 Å². The second kappa shape index (κ2) is 8.43. The lowest BCUT2D eigenvalue weighted by Gasteiger charge is -2.17. The van der Waals surface area contributed by atoms with Gasteiger partial charge in [-0.1, -0.05) is 62.9 Å². The monoisotopic (exact) mass is 275 g/mol. The molecule has 2 N–H and O–H groups in total. The molecule has 0 heterocycles. The lowest BCUT2D eigenvalue weighted by Crippen LogP contribution is -2.29. The molecule has 0 aromatic heterocycles. The average molecular weight is 275 g/mol. The molecule has 0 amide bonds. The van der Waals surface area contributed by atoms with E-state index in [9.17, 15) is 5.11 Å². The number of aliphatic hydroxyl groups is 1. The van der Waals surface area contributed by atoms with E-state index in [2.05, 4.69) is 42.6 Å². The van der Waals surface area contributed by atoms with Crippen molar-refractivity contribution in [3.63, 3.8) is 0 Å². The van der Waals surface area contributed by atoms with Crippen LogP contribution in [0.25, 0.3) is 0 Å². The third-order valence-electron chi connectivity index (χ3n) is 4.58. The van der Waals surface area contributed by atoms with Crippen molar-refractivity contribution in [3.05, 3.63) is 35.9 Å². The first-order valence-corrected chi connectivity index (χ1v) is 8.19. The molecule has 1 saturated carbocycles. The summed E-state index contributed by atoms with van der Waals surface area (Å²) in [6.45, 7) is 4.00. The Balaban J connectivity index is 1.56. The molecular formula is C18H29NO. The minimum atomic E-state index is -0.162. The van der Waals surface area contributed by atoms with Gasteiger partial charge in [0.25, 0.3) is 0 Å². The van der Waals surface area contributed by atoms with Crippen LogP contribution in [-0.4, -0.2) is 24.3 Å². The Kier molecular flexibility index (Phi) is 6.55. The first-order valence-electron chi connectivity index (χ1n) is 8.19. The van der Waals surface area contributed by atoms with E-state index < -0.39 is 0 Å². The number of aliphatic hydroxyl groups excluding tert-OH is 1. The number of hydrogen-bond acceptors (Lipinski definition) is 2. The fourth-order valence-electron chi connectivity index (χ4n) is 3.25. The third kappa shape index (κ3) is 5.26. The molecule has 2 atom stereocenters. The van der Waals surface area contributed by atoms with Gasteiger partial charge in [-0.2, -0.15) is 0 Å². The summed E-state index contributed by atoms with van der Waals surface area (Å²) in [6.07, 6.45) is 7.31. The van der Waals surface area contributed by atoms with E-state index in [1.54, 1.807) is 0 Å². The molecule has 1 fully saturated rings. The Morgan fingerprint density at radius 1 is 1.20 bits per heavy atom. The van der Waals surface area contributed by atoms with Crippen molar-refractivity contribution < 1.29 is 5.11 Å². The van der Waals surface area contributed by atoms with Gasteiger partial charge in [-0.15, -0.1) is 0 Å². The van der Waals surface area contributed by atoms with Crippen LogP contribution in [-0.2, 0) is 0 Å². The Labute approximate surface area is 123 Å². The van der Waals surface area contributed by atoms with Gasteiger partial charge in [0.15, 0.2) is 0 Å². The summed E-state index contributed by atoms with van der Waals surface area (Å²) in [5, 5.41) is 13.4. The fraction of sp³-hybridized carbons (Fsp3) is 0.667. The molecule has 0 aliphatic heterocycles. The van der Waals surface area contributed by atoms with E-state index in [0.717, 1.165) is 31.8 Å². The molecule has 2 nitrogen and oxygen atoms in total. The van der Waals surface area contributed by atoms with Gasteiger partial charge in [0, 0.05) is 6.54 Å². The van der Waals surface area contributed by atoms with E-state index >= 15 is 0 Å². The zero-order valence-corrected chi connectivity index (χ0v) is 12.7. The number of nitrogens with one attached hydrogen (secondary N) is 1. The van der Waals surface area contributed by atoms with Crippen LogP contribution < -0.4 is 5.32 Å². The molecule has 0 bridgehead atoms. The standard InChI is InChI=1S/C18H29NO/c1-15(17-9-3-2-4-10-17)11-12-19-14-18(20)13-16-7-5-6-8-16/h2-4,9-10,15-16,18-20H,5-8,11-14H2,1H3. The molecule has 1 aliphatic rings. The number of rotatable bonds is 8. The van der Waals surface area contributed by atoms with Crippen molar-refractivity contribution >= 4 is 0 Å². The molecule has 0 radical (unpaired) electrons. The van der Waals surface area contributed by atoms with E-state index in [-0.39, 0.29) is 6.10 Å². The highest BCUT2D eigenvalue weighted by Crippen LogP contribution is 2.28. The lowest BCUT2D eigenvalue weighted by atomic mass is 9.97. The van der Waals surface area contributed by atoms with Crippen molar-refractivity contribution in [1.29, 1.82) is 0 Å². The van der Waals surface area contributed by atoms with E-state index in [4.69, 9.17) is 0 Å². The molecule has 2 unspecified atom stereocenters. The molecule has 112 valence electrons. The summed E-state index contributed by atoms with van der Waals surface area (Å²) in [5.74, 6) is 1.35. The van der Waals surface area contributed by atoms with Gasteiger partial charge in [0.1, 0.15) is 0 Å². The molecule has 2 heteroatoms. The van der Waals surface area contributed by atoms with Crippen LogP contribution in [0.3, 0.4) is 0 Å². The zero-order valence-electron chi connectivity index (χ0n) is 12.7. The minimum Gasteiger partial charge on any atom is -0.392 e. The van der Waals surface area contributed by atoms with E-state index in [1.807, 2.05) is 0 Å². The van der Waals surface area contributed by atoms with Gasteiger partial charge in [0.2, 0.25) is 0 Å². The van der Waals surface area contributed by atoms with E-state index in [1.165, 1.54) is 31.2 Å². The summed E-state index contributed by atoms with van der Waals surface area (Å²) >= 11 is 0. The predicted molar refractivity (Wildman–Crippen MR) is 84.9 cm³/mol. The molecular weight excluding hydrogens is 246 g/mol. The van der Waals surface area contributed by atoms with Gasteiger partial charge in [0.05, 0.1) is 6.10 Å². The van der Waals surface area contributed by atoms with Crippen LogP contribution in [0.15, 0.2) is 30.3 Å². The maximum absolute atomic E-state index is 10.0. The van der Waals surface area contributed by atoms with Crippen LogP contribution in [0.5, 0.6) is 0 Å². The highest BCUT2D eigenvalue weighted by atomic mass is 16.3. The van der Waals surface area contributed by atoms with Gasteiger partial charge in [-0.05, 0) is 36.8 Å². The normalized spacial score (nSPS) is 19.1. The summed E-state index contributed by atoms with van der Waals surface area (Å²) in [5.41, 5.74) is 1.40. The molecule has 2 rings (SSSR count). The van der Waals surface area contributed by atoms with Crippen molar-refractivity contribution in [2.45, 2.75) is 57.5 Å². The molecule has 1 aromatic rings. The topological polar surface area (TPSA) is 32.3 Å². The molecule has 1 aliphatic carbocycles. The second-order valence-corrected chi connectivity index (χ2v) is 6.34.